The number of fused-ring (bicyclic) bond motifs is 1. The molecule has 1 heterocycles. The number of methoxy groups -OCH3 is 1. The van der Waals surface area contributed by atoms with Gasteiger partial charge >= 0.3 is 12.1 Å². The summed E-state index contributed by atoms with van der Waals surface area (Å²) in [5.41, 5.74) is 2.01. The minimum absolute atomic E-state index is 0.116. The quantitative estimate of drug-likeness (QED) is 0.804. The molecule has 0 spiro atoms. The monoisotopic (exact) mass is 393 g/mol. The highest BCUT2D eigenvalue weighted by atomic mass is 19.4. The molecule has 1 N–H and O–H groups in total. The summed E-state index contributed by atoms with van der Waals surface area (Å²) < 4.78 is 48.5. The first kappa shape index (κ1) is 20.2. The van der Waals surface area contributed by atoms with Gasteiger partial charge in [-0.05, 0) is 55.1 Å². The molecule has 0 fully saturated rings. The van der Waals surface area contributed by atoms with E-state index in [2.05, 4.69) is 5.32 Å². The fourth-order valence-corrected chi connectivity index (χ4v) is 3.46. The lowest BCUT2D eigenvalue weighted by atomic mass is 9.88. The van der Waals surface area contributed by atoms with Gasteiger partial charge in [-0.3, -0.25) is 0 Å². The molecule has 4 nitrogen and oxygen atoms in total. The van der Waals surface area contributed by atoms with Crippen LogP contribution in [0, 0.1) is 0 Å². The number of rotatable bonds is 4. The summed E-state index contributed by atoms with van der Waals surface area (Å²) in [6.45, 7) is 2.23. The van der Waals surface area contributed by atoms with E-state index in [1.165, 1.54) is 6.92 Å². The Kier molecular flexibility index (Phi) is 5.65. The average Bonchev–Trinajstić information content (AvgIpc) is 2.80. The minimum Gasteiger partial charge on any atom is -0.497 e. The van der Waals surface area contributed by atoms with E-state index in [1.807, 2.05) is 42.5 Å². The van der Waals surface area contributed by atoms with Crippen molar-refractivity contribution in [1.82, 2.24) is 5.32 Å². The van der Waals surface area contributed by atoms with Crippen molar-refractivity contribution in [3.63, 3.8) is 0 Å². The van der Waals surface area contributed by atoms with E-state index >= 15 is 0 Å². The Bertz CT molecular complexity index is 866. The third-order valence-corrected chi connectivity index (χ3v) is 4.87. The number of ether oxygens (including phenoxy) is 2. The van der Waals surface area contributed by atoms with Crippen LogP contribution in [0.1, 0.15) is 29.2 Å². The molecule has 0 aliphatic carbocycles. The molecule has 0 radical (unpaired) electrons. The standard InChI is InChI=1S/C21H22F3NO3/c1-20(28-19(26)21(22,23)24)13-25-9-8-16-7-6-15(12-18(16)20)10-14-4-3-5-17(11-14)27-2/h3-7,11-12,25H,8-10,13H2,1-2H3/t20-/m1/s1. The third kappa shape index (κ3) is 4.47. The van der Waals surface area contributed by atoms with Crippen LogP contribution in [0.25, 0.3) is 0 Å². The van der Waals surface area contributed by atoms with Crippen LogP contribution in [-0.4, -0.2) is 32.3 Å². The largest absolute Gasteiger partial charge is 0.497 e. The van der Waals surface area contributed by atoms with Gasteiger partial charge in [0.25, 0.3) is 0 Å². The molecule has 3 rings (SSSR count). The van der Waals surface area contributed by atoms with E-state index in [1.54, 1.807) is 7.11 Å². The average molecular weight is 393 g/mol. The number of carbonyl (C=O) groups is 1. The second-order valence-electron chi connectivity index (χ2n) is 7.06. The summed E-state index contributed by atoms with van der Waals surface area (Å²) in [5, 5.41) is 3.06. The molecule has 2 aromatic carbocycles. The molecule has 0 saturated carbocycles. The number of alkyl halides is 3. The van der Waals surface area contributed by atoms with E-state index in [-0.39, 0.29) is 6.54 Å². The van der Waals surface area contributed by atoms with Crippen molar-refractivity contribution in [1.29, 1.82) is 0 Å². The second kappa shape index (κ2) is 7.83. The molecule has 0 aromatic heterocycles. The van der Waals surface area contributed by atoms with E-state index in [9.17, 15) is 18.0 Å². The van der Waals surface area contributed by atoms with Crippen LogP contribution in [0.4, 0.5) is 13.2 Å². The highest BCUT2D eigenvalue weighted by Crippen LogP contribution is 2.34. The Morgan fingerprint density at radius 3 is 2.64 bits per heavy atom. The van der Waals surface area contributed by atoms with E-state index in [0.29, 0.717) is 24.9 Å². The summed E-state index contributed by atoms with van der Waals surface area (Å²) in [7, 11) is 1.59. The molecule has 0 saturated heterocycles. The van der Waals surface area contributed by atoms with Gasteiger partial charge in [0.05, 0.1) is 7.11 Å². The third-order valence-electron chi connectivity index (χ3n) is 4.87. The molecule has 2 aromatic rings. The van der Waals surface area contributed by atoms with E-state index in [4.69, 9.17) is 9.47 Å². The molecule has 7 heteroatoms. The summed E-state index contributed by atoms with van der Waals surface area (Å²) in [5.74, 6) is -1.44. The molecule has 1 atom stereocenters. The maximum absolute atomic E-state index is 12.8. The minimum atomic E-state index is -5.03. The van der Waals surface area contributed by atoms with Gasteiger partial charge in [-0.15, -0.1) is 0 Å². The Labute approximate surface area is 161 Å². The lowest BCUT2D eigenvalue weighted by Gasteiger charge is -2.31. The van der Waals surface area contributed by atoms with Crippen LogP contribution in [-0.2, 0) is 28.0 Å². The molecule has 1 aliphatic rings. The molecule has 0 bridgehead atoms. The van der Waals surface area contributed by atoms with Gasteiger partial charge in [0.15, 0.2) is 0 Å². The first-order valence-electron chi connectivity index (χ1n) is 8.97. The zero-order valence-electron chi connectivity index (χ0n) is 15.7. The number of halogens is 3. The predicted octanol–water partition coefficient (Wildman–Crippen LogP) is 3.75. The zero-order valence-corrected chi connectivity index (χ0v) is 15.7. The maximum atomic E-state index is 12.8. The van der Waals surface area contributed by atoms with Crippen LogP contribution < -0.4 is 10.1 Å². The molecule has 28 heavy (non-hydrogen) atoms. The summed E-state index contributed by atoms with van der Waals surface area (Å²) in [6, 6.07) is 13.3. The number of carbonyl (C=O) groups excluding carboxylic acids is 1. The highest BCUT2D eigenvalue weighted by molar-refractivity contribution is 5.76. The molecular formula is C21H22F3NO3. The van der Waals surface area contributed by atoms with E-state index < -0.39 is 17.7 Å². The van der Waals surface area contributed by atoms with E-state index in [0.717, 1.165) is 22.4 Å². The van der Waals surface area contributed by atoms with Crippen molar-refractivity contribution in [3.05, 3.63) is 64.7 Å². The molecule has 0 unspecified atom stereocenters. The van der Waals surface area contributed by atoms with Crippen LogP contribution in [0.3, 0.4) is 0 Å². The van der Waals surface area contributed by atoms with Gasteiger partial charge in [-0.2, -0.15) is 13.2 Å². The molecule has 150 valence electrons. The predicted molar refractivity (Wildman–Crippen MR) is 98.3 cm³/mol. The highest BCUT2D eigenvalue weighted by Gasteiger charge is 2.46. The van der Waals surface area contributed by atoms with Gasteiger partial charge in [-0.1, -0.05) is 30.3 Å². The van der Waals surface area contributed by atoms with Crippen LogP contribution in [0.2, 0.25) is 0 Å². The Hall–Kier alpha value is -2.54. The zero-order chi connectivity index (χ0) is 20.4. The van der Waals surface area contributed by atoms with Gasteiger partial charge in [0, 0.05) is 12.1 Å². The Balaban J connectivity index is 1.94. The van der Waals surface area contributed by atoms with Crippen molar-refractivity contribution in [3.8, 4) is 5.75 Å². The van der Waals surface area contributed by atoms with Crippen LogP contribution >= 0.6 is 0 Å². The summed E-state index contributed by atoms with van der Waals surface area (Å²) in [6.07, 6.45) is -3.80. The Morgan fingerprint density at radius 2 is 1.93 bits per heavy atom. The van der Waals surface area contributed by atoms with Crippen molar-refractivity contribution < 1.29 is 27.4 Å². The lowest BCUT2D eigenvalue weighted by Crippen LogP contribution is -2.42. The van der Waals surface area contributed by atoms with Gasteiger partial charge in [-0.25, -0.2) is 4.79 Å². The van der Waals surface area contributed by atoms with Crippen molar-refractivity contribution in [2.24, 2.45) is 0 Å². The Morgan fingerprint density at radius 1 is 1.18 bits per heavy atom. The first-order chi connectivity index (χ1) is 13.2. The van der Waals surface area contributed by atoms with Gasteiger partial charge < -0.3 is 14.8 Å². The smallest absolute Gasteiger partial charge is 0.490 e. The number of hydrogen-bond acceptors (Lipinski definition) is 4. The van der Waals surface area contributed by atoms with Crippen molar-refractivity contribution in [2.75, 3.05) is 20.2 Å². The van der Waals surface area contributed by atoms with Crippen molar-refractivity contribution >= 4 is 5.97 Å². The SMILES string of the molecule is COc1cccc(Cc2ccc3c(c2)[C@](C)(OC(=O)C(F)(F)F)CNCC3)c1. The fraction of sp³-hybridized carbons (Fsp3) is 0.381. The van der Waals surface area contributed by atoms with Gasteiger partial charge in [0.1, 0.15) is 11.4 Å². The number of esters is 1. The van der Waals surface area contributed by atoms with Crippen LogP contribution in [0.5, 0.6) is 5.75 Å². The second-order valence-corrected chi connectivity index (χ2v) is 7.06. The van der Waals surface area contributed by atoms with Crippen LogP contribution in [0.15, 0.2) is 42.5 Å². The molecule has 1 aliphatic heterocycles. The molecular weight excluding hydrogens is 371 g/mol. The maximum Gasteiger partial charge on any atom is 0.490 e. The first-order valence-corrected chi connectivity index (χ1v) is 8.97. The summed E-state index contributed by atoms with van der Waals surface area (Å²) in [4.78, 5) is 11.5. The van der Waals surface area contributed by atoms with Gasteiger partial charge in [0.2, 0.25) is 0 Å². The number of benzene rings is 2. The summed E-state index contributed by atoms with van der Waals surface area (Å²) >= 11 is 0. The fourth-order valence-electron chi connectivity index (χ4n) is 3.46. The normalized spacial score (nSPS) is 19.5. The topological polar surface area (TPSA) is 47.6 Å². The molecule has 0 amide bonds. The number of nitrogens with one attached hydrogen (secondary N) is 1. The lowest BCUT2D eigenvalue weighted by molar-refractivity contribution is -0.213. The van der Waals surface area contributed by atoms with Crippen molar-refractivity contribution in [2.45, 2.75) is 31.5 Å². The number of hydrogen-bond donors (Lipinski definition) is 1.